The highest BCUT2D eigenvalue weighted by molar-refractivity contribution is 5.94. The minimum absolute atomic E-state index is 0.380. The number of hydrogen-bond donors (Lipinski definition) is 1. The van der Waals surface area contributed by atoms with Gasteiger partial charge in [0.05, 0.1) is 23.5 Å². The molecule has 94 valence electrons. The summed E-state index contributed by atoms with van der Waals surface area (Å²) < 4.78 is 5.28. The molecule has 1 N–H and O–H groups in total. The van der Waals surface area contributed by atoms with Gasteiger partial charge >= 0.3 is 5.97 Å². The largest absolute Gasteiger partial charge is 0.423 e. The van der Waals surface area contributed by atoms with Crippen LogP contribution in [0.15, 0.2) is 53.5 Å². The Balaban J connectivity index is 1.83. The highest BCUT2D eigenvalue weighted by Crippen LogP contribution is 2.28. The summed E-state index contributed by atoms with van der Waals surface area (Å²) >= 11 is 0. The molecule has 0 bridgehead atoms. The fraction of sp³-hybridized carbons (Fsp3) is 0.0667. The van der Waals surface area contributed by atoms with Crippen molar-refractivity contribution in [1.82, 2.24) is 0 Å². The van der Waals surface area contributed by atoms with Crippen molar-refractivity contribution in [1.29, 1.82) is 0 Å². The molecule has 19 heavy (non-hydrogen) atoms. The molecule has 0 spiro atoms. The zero-order chi connectivity index (χ0) is 13.1. The lowest BCUT2D eigenvalue weighted by molar-refractivity contribution is 0.0735. The second-order valence-corrected chi connectivity index (χ2v) is 4.13. The number of anilines is 1. The molecule has 4 nitrogen and oxygen atoms in total. The van der Waals surface area contributed by atoms with Gasteiger partial charge in [-0.15, -0.1) is 0 Å². The Labute approximate surface area is 110 Å². The monoisotopic (exact) mass is 252 g/mol. The Bertz CT molecular complexity index is 636. The summed E-state index contributed by atoms with van der Waals surface area (Å²) in [4.78, 5) is 16.3. The maximum Gasteiger partial charge on any atom is 0.343 e. The topological polar surface area (TPSA) is 50.7 Å². The molecular weight excluding hydrogens is 240 g/mol. The molecule has 0 fully saturated rings. The van der Waals surface area contributed by atoms with Gasteiger partial charge in [0.25, 0.3) is 0 Å². The first-order valence-corrected chi connectivity index (χ1v) is 6.00. The number of esters is 1. The van der Waals surface area contributed by atoms with Gasteiger partial charge < -0.3 is 10.1 Å². The Morgan fingerprint density at radius 1 is 1.16 bits per heavy atom. The minimum atomic E-state index is -0.380. The Morgan fingerprint density at radius 3 is 2.84 bits per heavy atom. The van der Waals surface area contributed by atoms with Gasteiger partial charge in [-0.25, -0.2) is 4.79 Å². The van der Waals surface area contributed by atoms with Crippen molar-refractivity contribution in [2.75, 3.05) is 11.9 Å². The molecular formula is C15H12N2O2. The van der Waals surface area contributed by atoms with Crippen molar-refractivity contribution in [3.8, 4) is 5.75 Å². The van der Waals surface area contributed by atoms with Crippen LogP contribution < -0.4 is 10.1 Å². The number of para-hydroxylation sites is 1. The molecule has 0 saturated heterocycles. The summed E-state index contributed by atoms with van der Waals surface area (Å²) in [7, 11) is 0. The Kier molecular flexibility index (Phi) is 2.98. The van der Waals surface area contributed by atoms with Crippen LogP contribution in [0.1, 0.15) is 10.4 Å². The number of carbonyl (C=O) groups is 1. The summed E-state index contributed by atoms with van der Waals surface area (Å²) in [6.45, 7) is 0.709. The molecule has 1 aliphatic rings. The van der Waals surface area contributed by atoms with E-state index in [2.05, 4.69) is 10.3 Å². The first-order valence-electron chi connectivity index (χ1n) is 6.00. The van der Waals surface area contributed by atoms with Gasteiger partial charge in [0, 0.05) is 6.21 Å². The van der Waals surface area contributed by atoms with E-state index in [-0.39, 0.29) is 5.97 Å². The molecule has 3 rings (SSSR count). The van der Waals surface area contributed by atoms with Gasteiger partial charge in [-0.3, -0.25) is 4.99 Å². The molecule has 1 aliphatic heterocycles. The van der Waals surface area contributed by atoms with Crippen LogP contribution in [0.4, 0.5) is 11.4 Å². The standard InChI is InChI=1S/C15H12N2O2/c18-15(19-12-4-2-1-3-5-12)11-6-7-13-14(10-11)17-9-8-16-13/h1-7,9-10,16H,8H2. The van der Waals surface area contributed by atoms with Crippen LogP contribution in [0.25, 0.3) is 0 Å². The van der Waals surface area contributed by atoms with E-state index < -0.39 is 0 Å². The Hall–Kier alpha value is -2.62. The lowest BCUT2D eigenvalue weighted by atomic mass is 10.1. The zero-order valence-electron chi connectivity index (χ0n) is 10.2. The molecule has 2 aromatic rings. The third-order valence-corrected chi connectivity index (χ3v) is 2.80. The minimum Gasteiger partial charge on any atom is -0.423 e. The molecule has 0 amide bonds. The second-order valence-electron chi connectivity index (χ2n) is 4.13. The predicted molar refractivity (Wildman–Crippen MR) is 74.5 cm³/mol. The van der Waals surface area contributed by atoms with Gasteiger partial charge in [-0.1, -0.05) is 18.2 Å². The van der Waals surface area contributed by atoms with Gasteiger partial charge in [0.1, 0.15) is 5.75 Å². The number of ether oxygens (including phenoxy) is 1. The van der Waals surface area contributed by atoms with Crippen LogP contribution in [0.2, 0.25) is 0 Å². The van der Waals surface area contributed by atoms with Gasteiger partial charge in [-0.2, -0.15) is 0 Å². The normalized spacial score (nSPS) is 12.4. The number of hydrogen-bond acceptors (Lipinski definition) is 4. The zero-order valence-corrected chi connectivity index (χ0v) is 10.2. The fourth-order valence-electron chi connectivity index (χ4n) is 1.87. The predicted octanol–water partition coefficient (Wildman–Crippen LogP) is 3.03. The van der Waals surface area contributed by atoms with Gasteiger partial charge in [0.15, 0.2) is 0 Å². The first-order chi connectivity index (χ1) is 9.33. The van der Waals surface area contributed by atoms with Crippen molar-refractivity contribution >= 4 is 23.6 Å². The number of nitrogens with one attached hydrogen (secondary N) is 1. The smallest absolute Gasteiger partial charge is 0.343 e. The van der Waals surface area contributed by atoms with Crippen LogP contribution in [0, 0.1) is 0 Å². The molecule has 0 atom stereocenters. The SMILES string of the molecule is O=C(Oc1ccccc1)c1ccc2c(c1)N=CCN2. The van der Waals surface area contributed by atoms with E-state index in [4.69, 9.17) is 4.74 Å². The molecule has 0 unspecified atom stereocenters. The van der Waals surface area contributed by atoms with Crippen LogP contribution in [-0.2, 0) is 0 Å². The number of nitrogens with zero attached hydrogens (tertiary/aromatic N) is 1. The van der Waals surface area contributed by atoms with Crippen molar-refractivity contribution in [3.63, 3.8) is 0 Å². The molecule has 0 aromatic heterocycles. The number of carbonyl (C=O) groups excluding carboxylic acids is 1. The molecule has 0 radical (unpaired) electrons. The molecule has 1 heterocycles. The van der Waals surface area contributed by atoms with Crippen molar-refractivity contribution in [3.05, 3.63) is 54.1 Å². The summed E-state index contributed by atoms with van der Waals surface area (Å²) in [6.07, 6.45) is 1.77. The highest BCUT2D eigenvalue weighted by atomic mass is 16.5. The third kappa shape index (κ3) is 2.47. The van der Waals surface area contributed by atoms with Crippen LogP contribution in [0.5, 0.6) is 5.75 Å². The lowest BCUT2D eigenvalue weighted by Gasteiger charge is -2.12. The first kappa shape index (κ1) is 11.5. The highest BCUT2D eigenvalue weighted by Gasteiger charge is 2.12. The van der Waals surface area contributed by atoms with E-state index in [0.29, 0.717) is 17.9 Å². The van der Waals surface area contributed by atoms with Crippen LogP contribution in [-0.4, -0.2) is 18.7 Å². The molecule has 0 aliphatic carbocycles. The van der Waals surface area contributed by atoms with Crippen molar-refractivity contribution in [2.45, 2.75) is 0 Å². The van der Waals surface area contributed by atoms with Crippen molar-refractivity contribution < 1.29 is 9.53 Å². The third-order valence-electron chi connectivity index (χ3n) is 2.80. The van der Waals surface area contributed by atoms with Gasteiger partial charge in [0.2, 0.25) is 0 Å². The summed E-state index contributed by atoms with van der Waals surface area (Å²) in [6, 6.07) is 14.3. The lowest BCUT2D eigenvalue weighted by Crippen LogP contribution is -2.10. The van der Waals surface area contributed by atoms with E-state index >= 15 is 0 Å². The molecule has 2 aromatic carbocycles. The summed E-state index contributed by atoms with van der Waals surface area (Å²) in [5.74, 6) is 0.154. The van der Waals surface area contributed by atoms with E-state index in [9.17, 15) is 4.79 Å². The number of rotatable bonds is 2. The quantitative estimate of drug-likeness (QED) is 0.660. The van der Waals surface area contributed by atoms with E-state index in [1.807, 2.05) is 24.3 Å². The average molecular weight is 252 g/mol. The van der Waals surface area contributed by atoms with Crippen molar-refractivity contribution in [2.24, 2.45) is 4.99 Å². The molecule has 4 heteroatoms. The van der Waals surface area contributed by atoms with Gasteiger partial charge in [-0.05, 0) is 30.3 Å². The maximum atomic E-state index is 12.0. The second kappa shape index (κ2) is 4.94. The number of fused-ring (bicyclic) bond motifs is 1. The van der Waals surface area contributed by atoms with Crippen LogP contribution in [0.3, 0.4) is 0 Å². The number of aliphatic imine (C=N–C) groups is 1. The van der Waals surface area contributed by atoms with Crippen LogP contribution >= 0.6 is 0 Å². The van der Waals surface area contributed by atoms with E-state index in [1.54, 1.807) is 30.5 Å². The maximum absolute atomic E-state index is 12.0. The Morgan fingerprint density at radius 2 is 2.00 bits per heavy atom. The number of benzene rings is 2. The van der Waals surface area contributed by atoms with E-state index in [0.717, 1.165) is 11.4 Å². The average Bonchev–Trinajstić information content (AvgIpc) is 2.48. The fourth-order valence-corrected chi connectivity index (χ4v) is 1.87. The summed E-state index contributed by atoms with van der Waals surface area (Å²) in [5.41, 5.74) is 2.18. The summed E-state index contributed by atoms with van der Waals surface area (Å²) in [5, 5.41) is 3.18. The molecule has 0 saturated carbocycles. The van der Waals surface area contributed by atoms with E-state index in [1.165, 1.54) is 0 Å².